The fraction of sp³-hybridized carbons (Fsp3) is 1.00. The molecule has 6 heteroatoms. The van der Waals surface area contributed by atoms with Crippen molar-refractivity contribution in [3.63, 3.8) is 0 Å². The van der Waals surface area contributed by atoms with Crippen LogP contribution in [0.1, 0.15) is 154 Å². The van der Waals surface area contributed by atoms with Crippen molar-refractivity contribution >= 4 is 0 Å². The highest BCUT2D eigenvalue weighted by Gasteiger charge is 2.63. The van der Waals surface area contributed by atoms with Gasteiger partial charge in [0.15, 0.2) is 0 Å². The number of hydrogen-bond acceptors (Lipinski definition) is 6. The first-order valence-corrected chi connectivity index (χ1v) is 24.3. The molecule has 52 heavy (non-hydrogen) atoms. The zero-order valence-corrected chi connectivity index (χ0v) is 33.1. The third kappa shape index (κ3) is 6.14. The fourth-order valence-electron chi connectivity index (χ4n) is 17.5. The minimum atomic E-state index is 0.754. The van der Waals surface area contributed by atoms with Gasteiger partial charge in [-0.2, -0.15) is 0 Å². The molecule has 0 bridgehead atoms. The number of likely N-dealkylation sites (tertiary alicyclic amines) is 2. The van der Waals surface area contributed by atoms with E-state index in [0.29, 0.717) is 0 Å². The largest absolute Gasteiger partial charge is 0.311 e. The van der Waals surface area contributed by atoms with Crippen LogP contribution in [0.15, 0.2) is 0 Å². The van der Waals surface area contributed by atoms with Crippen LogP contribution in [-0.2, 0) is 0 Å². The van der Waals surface area contributed by atoms with Crippen LogP contribution in [0.5, 0.6) is 0 Å². The van der Waals surface area contributed by atoms with E-state index < -0.39 is 0 Å². The summed E-state index contributed by atoms with van der Waals surface area (Å²) in [7, 11) is 0. The summed E-state index contributed by atoms with van der Waals surface area (Å²) in [6.07, 6.45) is 36.4. The summed E-state index contributed by atoms with van der Waals surface area (Å²) in [4.78, 5) is 6.73. The Hall–Kier alpha value is -0.240. The van der Waals surface area contributed by atoms with E-state index in [2.05, 4.69) is 31.1 Å². The first kappa shape index (κ1) is 35.0. The van der Waals surface area contributed by atoms with Gasteiger partial charge < -0.3 is 21.3 Å². The highest BCUT2D eigenvalue weighted by atomic mass is 15.3. The second-order valence-corrected chi connectivity index (χ2v) is 21.3. The van der Waals surface area contributed by atoms with Gasteiger partial charge in [0.2, 0.25) is 0 Å². The number of fused-ring (bicyclic) bond motifs is 9. The van der Waals surface area contributed by atoms with E-state index in [1.807, 2.05) is 0 Å². The minimum absolute atomic E-state index is 0.754. The molecule has 11 aliphatic rings. The molecule has 14 atom stereocenters. The number of nitrogens with zero attached hydrogens (tertiary/aromatic N) is 2. The van der Waals surface area contributed by atoms with Crippen LogP contribution in [0.3, 0.4) is 0 Å². The molecule has 0 aromatic heterocycles. The maximum Gasteiger partial charge on any atom is 0.0224 e. The summed E-state index contributed by atoms with van der Waals surface area (Å²) < 4.78 is 0. The van der Waals surface area contributed by atoms with E-state index in [-0.39, 0.29) is 0 Å². The summed E-state index contributed by atoms with van der Waals surface area (Å²) >= 11 is 0. The highest BCUT2D eigenvalue weighted by Crippen LogP contribution is 2.61. The van der Waals surface area contributed by atoms with Gasteiger partial charge in [-0.05, 0) is 176 Å². The van der Waals surface area contributed by atoms with Crippen molar-refractivity contribution in [2.45, 2.75) is 215 Å². The highest BCUT2D eigenvalue weighted by molar-refractivity contribution is 5.16. The number of piperazine rings is 2. The molecule has 11 fully saturated rings. The molecule has 292 valence electrons. The van der Waals surface area contributed by atoms with E-state index in [1.54, 1.807) is 25.7 Å². The quantitative estimate of drug-likeness (QED) is 0.250. The molecular formula is C46H78N6. The maximum absolute atomic E-state index is 3.91. The van der Waals surface area contributed by atoms with E-state index in [4.69, 9.17) is 0 Å². The van der Waals surface area contributed by atoms with Gasteiger partial charge >= 0.3 is 0 Å². The normalized spacial score (nSPS) is 54.2. The van der Waals surface area contributed by atoms with Gasteiger partial charge in [0.1, 0.15) is 0 Å². The van der Waals surface area contributed by atoms with E-state index >= 15 is 0 Å². The molecule has 4 saturated heterocycles. The molecule has 0 amide bonds. The predicted molar refractivity (Wildman–Crippen MR) is 212 cm³/mol. The zero-order valence-electron chi connectivity index (χ0n) is 33.1. The van der Waals surface area contributed by atoms with Crippen molar-refractivity contribution < 1.29 is 0 Å². The van der Waals surface area contributed by atoms with Gasteiger partial charge in [0, 0.05) is 86.6 Å². The van der Waals surface area contributed by atoms with Crippen molar-refractivity contribution in [3.8, 4) is 0 Å². The van der Waals surface area contributed by atoms with Crippen molar-refractivity contribution in [2.75, 3.05) is 26.2 Å². The first-order chi connectivity index (χ1) is 25.8. The smallest absolute Gasteiger partial charge is 0.0224 e. The molecule has 0 aromatic rings. The van der Waals surface area contributed by atoms with Crippen LogP contribution in [0, 0.1) is 47.3 Å². The molecule has 0 spiro atoms. The minimum Gasteiger partial charge on any atom is -0.311 e. The monoisotopic (exact) mass is 715 g/mol. The molecule has 0 aromatic carbocycles. The molecule has 4 heterocycles. The number of nitrogens with one attached hydrogen (secondary N) is 4. The fourth-order valence-corrected chi connectivity index (χ4v) is 17.5. The van der Waals surface area contributed by atoms with Crippen molar-refractivity contribution in [3.05, 3.63) is 0 Å². The van der Waals surface area contributed by atoms with E-state index in [1.165, 1.54) is 155 Å². The Labute approximate surface area is 318 Å². The Morgan fingerprint density at radius 2 is 0.692 bits per heavy atom. The molecule has 7 saturated carbocycles. The van der Waals surface area contributed by atoms with Crippen LogP contribution >= 0.6 is 0 Å². The third-order valence-electron chi connectivity index (χ3n) is 19.5. The summed E-state index contributed by atoms with van der Waals surface area (Å²) in [6, 6.07) is 8.57. The Morgan fingerprint density at radius 3 is 1.13 bits per heavy atom. The van der Waals surface area contributed by atoms with E-state index in [9.17, 15) is 0 Å². The molecule has 11 rings (SSSR count). The Kier molecular flexibility index (Phi) is 10.0. The molecular weight excluding hydrogens is 637 g/mol. The number of rotatable bonds is 4. The Balaban J connectivity index is 0.775. The molecule has 0 radical (unpaired) electrons. The Morgan fingerprint density at radius 1 is 0.308 bits per heavy atom. The maximum atomic E-state index is 3.91. The molecule has 4 N–H and O–H groups in total. The standard InChI is InChI=1S/C46H78N6/c1-3-7-41-35(5-1)45-43(51(41)33-15-9-29(10-16-33)31-13-19-37-39(27-31)49-25-23-47-37)21-22-44-46(45)36-6-2-4-8-42(36)52(44)34-17-11-30(12-18-34)32-14-20-38-40(28-32)50-26-24-48-38/h29-50H,1-28H2. The summed E-state index contributed by atoms with van der Waals surface area (Å²) in [6.45, 7) is 4.72. The zero-order chi connectivity index (χ0) is 34.2. The van der Waals surface area contributed by atoms with E-state index in [0.717, 1.165) is 108 Å². The molecule has 7 aliphatic carbocycles. The summed E-state index contributed by atoms with van der Waals surface area (Å²) in [5, 5.41) is 15.5. The van der Waals surface area contributed by atoms with Crippen molar-refractivity contribution in [1.29, 1.82) is 0 Å². The second-order valence-electron chi connectivity index (χ2n) is 21.3. The lowest BCUT2D eigenvalue weighted by molar-refractivity contribution is 0.00724. The van der Waals surface area contributed by atoms with Crippen LogP contribution < -0.4 is 21.3 Å². The van der Waals surface area contributed by atoms with Crippen LogP contribution in [0.25, 0.3) is 0 Å². The van der Waals surface area contributed by atoms with Crippen LogP contribution in [0.4, 0.5) is 0 Å². The molecule has 4 aliphatic heterocycles. The van der Waals surface area contributed by atoms with Gasteiger partial charge in [0.25, 0.3) is 0 Å². The first-order valence-electron chi connectivity index (χ1n) is 24.3. The predicted octanol–water partition coefficient (Wildman–Crippen LogP) is 7.08. The van der Waals surface area contributed by atoms with Crippen LogP contribution in [-0.4, -0.2) is 96.4 Å². The Bertz CT molecular complexity index is 1120. The van der Waals surface area contributed by atoms with Gasteiger partial charge in [0.05, 0.1) is 0 Å². The average Bonchev–Trinajstić information content (AvgIpc) is 3.73. The lowest BCUT2D eigenvalue weighted by Crippen LogP contribution is -2.58. The lowest BCUT2D eigenvalue weighted by Gasteiger charge is -2.49. The second kappa shape index (κ2) is 14.9. The van der Waals surface area contributed by atoms with Crippen molar-refractivity contribution in [2.24, 2.45) is 47.3 Å². The van der Waals surface area contributed by atoms with Gasteiger partial charge in [-0.3, -0.25) is 9.80 Å². The molecule has 6 nitrogen and oxygen atoms in total. The third-order valence-corrected chi connectivity index (χ3v) is 19.5. The van der Waals surface area contributed by atoms with Gasteiger partial charge in [-0.15, -0.1) is 0 Å². The summed E-state index contributed by atoms with van der Waals surface area (Å²) in [5.41, 5.74) is 0. The van der Waals surface area contributed by atoms with Crippen LogP contribution in [0.2, 0.25) is 0 Å². The lowest BCUT2D eigenvalue weighted by atomic mass is 9.61. The molecule has 14 unspecified atom stereocenters. The average molecular weight is 715 g/mol. The van der Waals surface area contributed by atoms with Gasteiger partial charge in [-0.25, -0.2) is 0 Å². The van der Waals surface area contributed by atoms with Gasteiger partial charge in [-0.1, -0.05) is 25.7 Å². The number of hydrogen-bond donors (Lipinski definition) is 4. The van der Waals surface area contributed by atoms with Crippen molar-refractivity contribution in [1.82, 2.24) is 31.1 Å². The summed E-state index contributed by atoms with van der Waals surface area (Å²) in [5.74, 6) is 8.11. The SMILES string of the molecule is C1CCC2C(C1)C1C3C4CCCCC4N(C4CCC(C5CCC6NCCNC6C5)CC4)C3CCC1N2C1CCC(C2CCC3NCCNC3C2)CC1. The topological polar surface area (TPSA) is 54.6 Å².